The monoisotopic (exact) mass is 350 g/mol. The van der Waals surface area contributed by atoms with Crippen LogP contribution in [-0.4, -0.2) is 38.8 Å². The van der Waals surface area contributed by atoms with Crippen molar-refractivity contribution >= 4 is 17.4 Å². The number of fused-ring (bicyclic) bond motifs is 1. The van der Waals surface area contributed by atoms with Gasteiger partial charge in [0.05, 0.1) is 17.8 Å². The fraction of sp³-hybridized carbons (Fsp3) is 0.474. The molecule has 2 aliphatic heterocycles. The Bertz CT molecular complexity index is 852. The predicted molar refractivity (Wildman–Crippen MR) is 98.1 cm³/mol. The van der Waals surface area contributed by atoms with Crippen LogP contribution in [0.5, 0.6) is 0 Å². The summed E-state index contributed by atoms with van der Waals surface area (Å²) in [6.07, 6.45) is 9.62. The molecule has 1 aliphatic carbocycles. The maximum absolute atomic E-state index is 5.49. The number of aliphatic imine (C=N–C) groups is 1. The Hall–Kier alpha value is -2.54. The highest BCUT2D eigenvalue weighted by atomic mass is 16.5. The van der Waals surface area contributed by atoms with Crippen molar-refractivity contribution in [3.8, 4) is 0 Å². The van der Waals surface area contributed by atoms with Crippen LogP contribution < -0.4 is 5.32 Å². The van der Waals surface area contributed by atoms with Crippen LogP contribution in [0, 0.1) is 5.92 Å². The summed E-state index contributed by atoms with van der Waals surface area (Å²) in [4.78, 5) is 13.9. The molecule has 7 heteroatoms. The largest absolute Gasteiger partial charge is 0.381 e. The molecule has 2 fully saturated rings. The highest BCUT2D eigenvalue weighted by molar-refractivity contribution is 5.99. The summed E-state index contributed by atoms with van der Waals surface area (Å²) >= 11 is 0. The number of hydrogen-bond donors (Lipinski definition) is 1. The van der Waals surface area contributed by atoms with Crippen molar-refractivity contribution in [3.63, 3.8) is 0 Å². The first-order valence-electron chi connectivity index (χ1n) is 9.28. The molecular weight excluding hydrogens is 328 g/mol. The molecule has 1 saturated heterocycles. The quantitative estimate of drug-likeness (QED) is 0.921. The van der Waals surface area contributed by atoms with Crippen LogP contribution in [0.25, 0.3) is 5.70 Å². The lowest BCUT2D eigenvalue weighted by Gasteiger charge is -2.37. The van der Waals surface area contributed by atoms with Gasteiger partial charge in [0, 0.05) is 43.1 Å². The molecule has 0 aromatic carbocycles. The van der Waals surface area contributed by atoms with E-state index in [1.165, 1.54) is 0 Å². The molecule has 0 unspecified atom stereocenters. The molecule has 1 N–H and O–H groups in total. The van der Waals surface area contributed by atoms with Crippen molar-refractivity contribution in [3.05, 3.63) is 42.6 Å². The van der Waals surface area contributed by atoms with Crippen LogP contribution in [-0.2, 0) is 4.74 Å². The van der Waals surface area contributed by atoms with Gasteiger partial charge in [-0.25, -0.2) is 19.6 Å². The average molecular weight is 350 g/mol. The third kappa shape index (κ3) is 2.54. The number of nitrogens with one attached hydrogen (secondary N) is 1. The molecule has 2 aromatic heterocycles. The molecule has 0 bridgehead atoms. The summed E-state index contributed by atoms with van der Waals surface area (Å²) in [6.45, 7) is 5.77. The summed E-state index contributed by atoms with van der Waals surface area (Å²) in [5, 5.41) is 8.03. The van der Waals surface area contributed by atoms with Crippen LogP contribution >= 0.6 is 0 Å². The van der Waals surface area contributed by atoms with Crippen molar-refractivity contribution in [1.82, 2.24) is 25.1 Å². The molecular formula is C19H22N6O. The van der Waals surface area contributed by atoms with Gasteiger partial charge in [0.2, 0.25) is 0 Å². The zero-order valence-corrected chi connectivity index (χ0v) is 14.6. The topological polar surface area (TPSA) is 77.2 Å². The average Bonchev–Trinajstić information content (AvgIpc) is 3.07. The lowest BCUT2D eigenvalue weighted by atomic mass is 9.72. The summed E-state index contributed by atoms with van der Waals surface area (Å²) < 4.78 is 7.56. The highest BCUT2D eigenvalue weighted by Crippen LogP contribution is 2.44. The van der Waals surface area contributed by atoms with Crippen LogP contribution in [0.4, 0.5) is 5.82 Å². The van der Waals surface area contributed by atoms with E-state index in [9.17, 15) is 0 Å². The van der Waals surface area contributed by atoms with Crippen molar-refractivity contribution in [2.24, 2.45) is 10.9 Å². The van der Waals surface area contributed by atoms with E-state index in [0.29, 0.717) is 17.9 Å². The number of nitrogens with zero attached hydrogens (tertiary/aromatic N) is 5. The lowest BCUT2D eigenvalue weighted by Crippen LogP contribution is -2.40. The maximum atomic E-state index is 5.49. The van der Waals surface area contributed by atoms with Crippen molar-refractivity contribution in [2.75, 3.05) is 13.2 Å². The first-order valence-corrected chi connectivity index (χ1v) is 9.28. The molecule has 5 rings (SSSR count). The number of rotatable bonds is 3. The van der Waals surface area contributed by atoms with E-state index in [2.05, 4.69) is 31.6 Å². The van der Waals surface area contributed by atoms with Gasteiger partial charge in [-0.3, -0.25) is 0 Å². The van der Waals surface area contributed by atoms with Gasteiger partial charge in [-0.05, 0) is 31.7 Å². The number of aromatic nitrogens is 4. The Balaban J connectivity index is 1.47. The molecule has 134 valence electrons. The Kier molecular flexibility index (Phi) is 3.81. The Morgan fingerprint density at radius 2 is 1.85 bits per heavy atom. The molecule has 0 radical (unpaired) electrons. The molecule has 1 saturated carbocycles. The van der Waals surface area contributed by atoms with Gasteiger partial charge in [-0.15, -0.1) is 0 Å². The normalized spacial score (nSPS) is 25.8. The summed E-state index contributed by atoms with van der Waals surface area (Å²) in [6, 6.07) is 2.20. The fourth-order valence-electron chi connectivity index (χ4n) is 4.06. The summed E-state index contributed by atoms with van der Waals surface area (Å²) in [7, 11) is 0. The summed E-state index contributed by atoms with van der Waals surface area (Å²) in [5.41, 5.74) is 1.87. The predicted octanol–water partition coefficient (Wildman–Crippen LogP) is 2.82. The number of amidine groups is 1. The zero-order chi connectivity index (χ0) is 17.5. The molecule has 3 aliphatic rings. The summed E-state index contributed by atoms with van der Waals surface area (Å²) in [5.74, 6) is 3.43. The van der Waals surface area contributed by atoms with E-state index < -0.39 is 0 Å². The van der Waals surface area contributed by atoms with E-state index >= 15 is 0 Å². The second kappa shape index (κ2) is 6.32. The lowest BCUT2D eigenvalue weighted by molar-refractivity contribution is 0.0667. The van der Waals surface area contributed by atoms with Crippen LogP contribution in [0.2, 0.25) is 0 Å². The van der Waals surface area contributed by atoms with Crippen molar-refractivity contribution < 1.29 is 4.74 Å². The van der Waals surface area contributed by atoms with Gasteiger partial charge in [-0.2, -0.15) is 5.10 Å². The van der Waals surface area contributed by atoms with E-state index in [-0.39, 0.29) is 0 Å². The van der Waals surface area contributed by atoms with E-state index in [1.54, 1.807) is 0 Å². The molecule has 4 heterocycles. The minimum absolute atomic E-state index is 0.306. The van der Waals surface area contributed by atoms with Gasteiger partial charge in [0.25, 0.3) is 0 Å². The minimum atomic E-state index is 0.306. The standard InChI is InChI=1S/C19H22N6O/c1-12-16-11-22-25(13-5-9-26-10-6-13)19(16)24-18(23-12)15-4-3-14(15)17-20-7-2-8-21-17/h2,7-8,11,13-15H,1,3-6,9-10H2,(H,23,24)/t14-,15-/m1/s1. The van der Waals surface area contributed by atoms with E-state index in [0.717, 1.165) is 67.6 Å². The van der Waals surface area contributed by atoms with E-state index in [4.69, 9.17) is 9.73 Å². The van der Waals surface area contributed by atoms with Gasteiger partial charge >= 0.3 is 0 Å². The van der Waals surface area contributed by atoms with Gasteiger partial charge in [0.1, 0.15) is 11.7 Å². The number of ether oxygens (including phenoxy) is 1. The first-order chi connectivity index (χ1) is 12.8. The minimum Gasteiger partial charge on any atom is -0.381 e. The molecule has 7 nitrogen and oxygen atoms in total. The molecule has 2 aromatic rings. The van der Waals surface area contributed by atoms with Crippen LogP contribution in [0.15, 0.2) is 36.2 Å². The Morgan fingerprint density at radius 3 is 2.58 bits per heavy atom. The number of hydrogen-bond acceptors (Lipinski definition) is 6. The van der Waals surface area contributed by atoms with Gasteiger partial charge in [0.15, 0.2) is 5.82 Å². The maximum Gasteiger partial charge on any atom is 0.162 e. The van der Waals surface area contributed by atoms with Crippen molar-refractivity contribution in [1.29, 1.82) is 0 Å². The smallest absolute Gasteiger partial charge is 0.162 e. The van der Waals surface area contributed by atoms with Gasteiger partial charge in [-0.1, -0.05) is 6.58 Å². The molecule has 2 atom stereocenters. The Morgan fingerprint density at radius 1 is 1.08 bits per heavy atom. The highest BCUT2D eigenvalue weighted by Gasteiger charge is 2.39. The van der Waals surface area contributed by atoms with Crippen molar-refractivity contribution in [2.45, 2.75) is 37.6 Å². The third-order valence-corrected chi connectivity index (χ3v) is 5.68. The second-order valence-corrected chi connectivity index (χ2v) is 7.17. The molecule has 0 amide bonds. The molecule has 0 spiro atoms. The fourth-order valence-corrected chi connectivity index (χ4v) is 4.06. The van der Waals surface area contributed by atoms with Gasteiger partial charge < -0.3 is 10.1 Å². The Labute approximate surface area is 152 Å². The SMILES string of the molecule is C=C1NC([C@@H]2CC[C@H]2c2ncccn2)=Nc2c1cnn2C1CCOCC1. The first kappa shape index (κ1) is 15.7. The second-order valence-electron chi connectivity index (χ2n) is 7.17. The van der Waals surface area contributed by atoms with E-state index in [1.807, 2.05) is 24.7 Å². The third-order valence-electron chi connectivity index (χ3n) is 5.68. The van der Waals surface area contributed by atoms with Crippen LogP contribution in [0.1, 0.15) is 49.0 Å². The van der Waals surface area contributed by atoms with Crippen LogP contribution in [0.3, 0.4) is 0 Å². The zero-order valence-electron chi connectivity index (χ0n) is 14.6. The molecule has 26 heavy (non-hydrogen) atoms.